The highest BCUT2D eigenvalue weighted by Gasteiger charge is 2.37. The number of fused-ring (bicyclic) bond motifs is 2. The van der Waals surface area contributed by atoms with Gasteiger partial charge in [0.25, 0.3) is 11.8 Å². The molecule has 3 N–H and O–H groups in total. The first-order chi connectivity index (χ1) is 17.8. The standard InChI is InChI=1S/C25H23BrF3N5O2S2/c1-24(2,3)11-6-7-12-15(9-11)38-23(17(12)20(30)35)32-22(36)19-18(26)21-31-13(14-5-4-8-37-14)10-16(25(27,28)29)34(21)33-19/h4-5,8,10-11H,6-7,9H2,1-3H3,(H2,30,35)(H,32,36)/t11-/m0/s1. The molecular weight excluding hydrogens is 603 g/mol. The molecule has 4 heterocycles. The normalized spacial score (nSPS) is 16.0. The first-order valence-electron chi connectivity index (χ1n) is 11.7. The van der Waals surface area contributed by atoms with E-state index < -0.39 is 23.7 Å². The lowest BCUT2D eigenvalue weighted by molar-refractivity contribution is -0.142. The zero-order valence-electron chi connectivity index (χ0n) is 20.6. The van der Waals surface area contributed by atoms with Crippen LogP contribution in [0.1, 0.15) is 64.2 Å². The zero-order valence-corrected chi connectivity index (χ0v) is 23.8. The van der Waals surface area contributed by atoms with Gasteiger partial charge in [0.1, 0.15) is 5.00 Å². The highest BCUT2D eigenvalue weighted by molar-refractivity contribution is 9.10. The smallest absolute Gasteiger partial charge is 0.365 e. The van der Waals surface area contributed by atoms with E-state index in [4.69, 9.17) is 5.73 Å². The second-order valence-electron chi connectivity index (χ2n) is 10.2. The van der Waals surface area contributed by atoms with Gasteiger partial charge in [0.05, 0.1) is 20.6 Å². The number of nitrogens with one attached hydrogen (secondary N) is 1. The van der Waals surface area contributed by atoms with Gasteiger partial charge in [-0.1, -0.05) is 26.8 Å². The van der Waals surface area contributed by atoms with Crippen molar-refractivity contribution in [3.05, 3.63) is 55.4 Å². The van der Waals surface area contributed by atoms with Crippen LogP contribution in [0.4, 0.5) is 18.2 Å². The molecule has 2 amide bonds. The molecule has 1 aliphatic rings. The number of halogens is 4. The number of hydrogen-bond acceptors (Lipinski definition) is 6. The Morgan fingerprint density at radius 2 is 2.00 bits per heavy atom. The summed E-state index contributed by atoms with van der Waals surface area (Å²) in [7, 11) is 0. The molecule has 0 aliphatic heterocycles. The van der Waals surface area contributed by atoms with Crippen molar-refractivity contribution in [1.82, 2.24) is 14.6 Å². The first-order valence-corrected chi connectivity index (χ1v) is 14.2. The Kier molecular flexibility index (Phi) is 6.67. The van der Waals surface area contributed by atoms with Gasteiger partial charge in [0, 0.05) is 4.88 Å². The van der Waals surface area contributed by atoms with E-state index in [1.807, 2.05) is 0 Å². The van der Waals surface area contributed by atoms with E-state index in [-0.39, 0.29) is 37.5 Å². The van der Waals surface area contributed by atoms with Crippen molar-refractivity contribution in [2.75, 3.05) is 5.32 Å². The third-order valence-electron chi connectivity index (χ3n) is 6.78. The summed E-state index contributed by atoms with van der Waals surface area (Å²) >= 11 is 5.76. The number of thiophene rings is 2. The van der Waals surface area contributed by atoms with Crippen molar-refractivity contribution in [1.29, 1.82) is 0 Å². The lowest BCUT2D eigenvalue weighted by Crippen LogP contribution is -2.27. The van der Waals surface area contributed by atoms with E-state index in [9.17, 15) is 22.8 Å². The Hall–Kier alpha value is -2.77. The quantitative estimate of drug-likeness (QED) is 0.260. The number of aromatic nitrogens is 3. The zero-order chi connectivity index (χ0) is 27.6. The molecule has 0 spiro atoms. The largest absolute Gasteiger partial charge is 0.433 e. The van der Waals surface area contributed by atoms with Crippen LogP contribution >= 0.6 is 38.6 Å². The molecule has 0 saturated heterocycles. The van der Waals surface area contributed by atoms with Crippen molar-refractivity contribution in [2.24, 2.45) is 17.1 Å². The summed E-state index contributed by atoms with van der Waals surface area (Å²) in [6, 6.07) is 4.28. The van der Waals surface area contributed by atoms with Gasteiger partial charge in [-0.15, -0.1) is 22.7 Å². The van der Waals surface area contributed by atoms with Gasteiger partial charge >= 0.3 is 6.18 Å². The number of hydrogen-bond donors (Lipinski definition) is 2. The third kappa shape index (κ3) is 4.75. The fourth-order valence-electron chi connectivity index (χ4n) is 4.73. The number of amides is 2. The molecule has 38 heavy (non-hydrogen) atoms. The van der Waals surface area contributed by atoms with E-state index in [0.717, 1.165) is 29.3 Å². The van der Waals surface area contributed by atoms with E-state index in [1.54, 1.807) is 17.5 Å². The van der Waals surface area contributed by atoms with E-state index in [1.165, 1.54) is 22.7 Å². The maximum Gasteiger partial charge on any atom is 0.433 e. The Labute approximate surface area is 232 Å². The van der Waals surface area contributed by atoms with Crippen LogP contribution in [0.25, 0.3) is 16.2 Å². The molecule has 0 aromatic carbocycles. The van der Waals surface area contributed by atoms with Crippen LogP contribution in [0, 0.1) is 11.3 Å². The molecule has 4 aromatic heterocycles. The van der Waals surface area contributed by atoms with Crippen molar-refractivity contribution >= 4 is 61.1 Å². The molecule has 1 atom stereocenters. The number of alkyl halides is 3. The topological polar surface area (TPSA) is 102 Å². The number of anilines is 1. The second-order valence-corrected chi connectivity index (χ2v) is 13.1. The number of rotatable bonds is 4. The molecule has 0 bridgehead atoms. The molecule has 200 valence electrons. The fraction of sp³-hybridized carbons (Fsp3) is 0.360. The molecule has 0 saturated carbocycles. The summed E-state index contributed by atoms with van der Waals surface area (Å²) in [6.07, 6.45) is -2.45. The monoisotopic (exact) mass is 625 g/mol. The van der Waals surface area contributed by atoms with E-state index in [0.29, 0.717) is 21.7 Å². The molecule has 7 nitrogen and oxygen atoms in total. The molecule has 0 fully saturated rings. The van der Waals surface area contributed by atoms with Crippen molar-refractivity contribution < 1.29 is 22.8 Å². The Bertz CT molecular complexity index is 1570. The average Bonchev–Trinajstić information content (AvgIpc) is 3.54. The number of carbonyl (C=O) groups excluding carboxylic acids is 2. The SMILES string of the molecule is CC(C)(C)[C@H]1CCc2c(sc(NC(=O)c3nn4c(C(F)(F)F)cc(-c5cccs5)nc4c3Br)c2C(N)=O)C1. The van der Waals surface area contributed by atoms with E-state index >= 15 is 0 Å². The van der Waals surface area contributed by atoms with Gasteiger partial charge < -0.3 is 11.1 Å². The van der Waals surface area contributed by atoms with E-state index in [2.05, 4.69) is 52.1 Å². The number of nitrogens with zero attached hydrogens (tertiary/aromatic N) is 3. The molecule has 5 rings (SSSR count). The summed E-state index contributed by atoms with van der Waals surface area (Å²) in [5, 5.41) is 8.66. The molecule has 4 aromatic rings. The van der Waals surface area contributed by atoms with Crippen LogP contribution in [0.5, 0.6) is 0 Å². The van der Waals surface area contributed by atoms with Crippen LogP contribution < -0.4 is 11.1 Å². The summed E-state index contributed by atoms with van der Waals surface area (Å²) in [5.41, 5.74) is 5.45. The van der Waals surface area contributed by atoms with Crippen LogP contribution in [0.15, 0.2) is 28.1 Å². The summed E-state index contributed by atoms with van der Waals surface area (Å²) in [6.45, 7) is 6.51. The van der Waals surface area contributed by atoms with Gasteiger partial charge in [0.2, 0.25) is 0 Å². The lowest BCUT2D eigenvalue weighted by Gasteiger charge is -2.33. The van der Waals surface area contributed by atoms with Crippen molar-refractivity contribution in [3.63, 3.8) is 0 Å². The summed E-state index contributed by atoms with van der Waals surface area (Å²) < 4.78 is 42.5. The minimum Gasteiger partial charge on any atom is -0.365 e. The van der Waals surface area contributed by atoms with Crippen LogP contribution in [-0.4, -0.2) is 26.4 Å². The Balaban J connectivity index is 1.55. The lowest BCUT2D eigenvalue weighted by atomic mass is 9.72. The Morgan fingerprint density at radius 3 is 2.61 bits per heavy atom. The molecule has 0 unspecified atom stereocenters. The maximum absolute atomic E-state index is 14.0. The third-order valence-corrected chi connectivity index (χ3v) is 9.57. The second kappa shape index (κ2) is 9.45. The maximum atomic E-state index is 14.0. The summed E-state index contributed by atoms with van der Waals surface area (Å²) in [4.78, 5) is 31.6. The van der Waals surface area contributed by atoms with Gasteiger partial charge in [0.15, 0.2) is 17.0 Å². The predicted octanol–water partition coefficient (Wildman–Crippen LogP) is 6.80. The summed E-state index contributed by atoms with van der Waals surface area (Å²) in [5.74, 6) is -1.04. The fourth-order valence-corrected chi connectivity index (χ4v) is 7.26. The first kappa shape index (κ1) is 26.8. The van der Waals surface area contributed by atoms with Gasteiger partial charge in [-0.05, 0) is 69.6 Å². The minimum atomic E-state index is -4.75. The number of carbonyl (C=O) groups is 2. The number of nitrogens with two attached hydrogens (primary N) is 1. The van der Waals surface area contributed by atoms with Gasteiger partial charge in [-0.2, -0.15) is 18.3 Å². The molecule has 0 radical (unpaired) electrons. The van der Waals surface area contributed by atoms with Gasteiger partial charge in [-0.3, -0.25) is 9.59 Å². The number of primary amides is 1. The van der Waals surface area contributed by atoms with Crippen LogP contribution in [-0.2, 0) is 19.0 Å². The highest BCUT2D eigenvalue weighted by atomic mass is 79.9. The highest BCUT2D eigenvalue weighted by Crippen LogP contribution is 2.44. The molecular formula is C25H23BrF3N5O2S2. The van der Waals surface area contributed by atoms with Crippen molar-refractivity contribution in [2.45, 2.75) is 46.2 Å². The van der Waals surface area contributed by atoms with Crippen LogP contribution in [0.3, 0.4) is 0 Å². The van der Waals surface area contributed by atoms with Crippen LogP contribution in [0.2, 0.25) is 0 Å². The molecule has 1 aliphatic carbocycles. The molecule has 13 heteroatoms. The average molecular weight is 627 g/mol. The predicted molar refractivity (Wildman–Crippen MR) is 145 cm³/mol. The minimum absolute atomic E-state index is 0.00801. The van der Waals surface area contributed by atoms with Crippen molar-refractivity contribution in [3.8, 4) is 10.6 Å². The van der Waals surface area contributed by atoms with Gasteiger partial charge in [-0.25, -0.2) is 9.50 Å². The Morgan fingerprint density at radius 1 is 1.26 bits per heavy atom.